The number of carbonyl (C=O) groups excluding carboxylic acids is 1. The van der Waals surface area contributed by atoms with E-state index in [2.05, 4.69) is 12.2 Å². The standard InChI is InChI=1S/C13H23NO4/c1-2-3-4-5-6-11(13(16)17)14-12(15)10-7-8-18-9-10/h10-11H,2-9H2,1H3,(H,14,15)(H,16,17)/t10-,11-/m1/s1. The van der Waals surface area contributed by atoms with Gasteiger partial charge in [-0.05, 0) is 12.8 Å². The zero-order valence-electron chi connectivity index (χ0n) is 11.0. The van der Waals surface area contributed by atoms with Gasteiger partial charge in [-0.25, -0.2) is 4.79 Å². The number of hydrogen-bond donors (Lipinski definition) is 2. The van der Waals surface area contributed by atoms with Crippen LogP contribution in [0.15, 0.2) is 0 Å². The van der Waals surface area contributed by atoms with Crippen molar-refractivity contribution in [2.75, 3.05) is 13.2 Å². The number of carboxylic acid groups (broad SMARTS) is 1. The molecule has 2 atom stereocenters. The maximum atomic E-state index is 11.8. The Labute approximate surface area is 108 Å². The van der Waals surface area contributed by atoms with Gasteiger partial charge in [0.2, 0.25) is 5.91 Å². The van der Waals surface area contributed by atoms with Crippen LogP contribution in [0.1, 0.15) is 45.4 Å². The van der Waals surface area contributed by atoms with Gasteiger partial charge in [0.05, 0.1) is 12.5 Å². The normalized spacial score (nSPS) is 20.6. The van der Waals surface area contributed by atoms with Crippen LogP contribution in [0.2, 0.25) is 0 Å². The highest BCUT2D eigenvalue weighted by Gasteiger charge is 2.27. The molecule has 0 saturated carbocycles. The van der Waals surface area contributed by atoms with Crippen molar-refractivity contribution in [2.45, 2.75) is 51.5 Å². The van der Waals surface area contributed by atoms with Crippen molar-refractivity contribution < 1.29 is 19.4 Å². The first-order valence-electron chi connectivity index (χ1n) is 6.76. The Balaban J connectivity index is 2.32. The minimum Gasteiger partial charge on any atom is -0.480 e. The zero-order valence-corrected chi connectivity index (χ0v) is 11.0. The Hall–Kier alpha value is -1.10. The lowest BCUT2D eigenvalue weighted by atomic mass is 10.0. The first-order valence-corrected chi connectivity index (χ1v) is 6.76. The summed E-state index contributed by atoms with van der Waals surface area (Å²) in [5.41, 5.74) is 0. The molecular formula is C13H23NO4. The summed E-state index contributed by atoms with van der Waals surface area (Å²) in [7, 11) is 0. The van der Waals surface area contributed by atoms with E-state index in [1.807, 2.05) is 0 Å². The SMILES string of the molecule is CCCCCC[C@@H](NC(=O)[C@@H]1CCOC1)C(=O)O. The summed E-state index contributed by atoms with van der Waals surface area (Å²) in [6, 6.07) is -0.755. The fourth-order valence-corrected chi connectivity index (χ4v) is 2.06. The third kappa shape index (κ3) is 5.04. The minimum absolute atomic E-state index is 0.178. The van der Waals surface area contributed by atoms with Gasteiger partial charge in [-0.1, -0.05) is 32.6 Å². The topological polar surface area (TPSA) is 75.6 Å². The van der Waals surface area contributed by atoms with E-state index in [1.54, 1.807) is 0 Å². The third-order valence-electron chi connectivity index (χ3n) is 3.26. The molecule has 0 aromatic carbocycles. The molecule has 1 rings (SSSR count). The molecule has 104 valence electrons. The second-order valence-corrected chi connectivity index (χ2v) is 4.81. The van der Waals surface area contributed by atoms with Gasteiger partial charge < -0.3 is 15.2 Å². The second-order valence-electron chi connectivity index (χ2n) is 4.81. The number of carboxylic acids is 1. The maximum Gasteiger partial charge on any atom is 0.326 e. The van der Waals surface area contributed by atoms with Crippen molar-refractivity contribution in [1.82, 2.24) is 5.32 Å². The summed E-state index contributed by atoms with van der Waals surface area (Å²) < 4.78 is 5.13. The van der Waals surface area contributed by atoms with Gasteiger partial charge in [-0.3, -0.25) is 4.79 Å². The van der Waals surface area contributed by atoms with Gasteiger partial charge >= 0.3 is 5.97 Å². The van der Waals surface area contributed by atoms with Gasteiger partial charge in [0, 0.05) is 6.61 Å². The van der Waals surface area contributed by atoms with E-state index in [4.69, 9.17) is 9.84 Å². The average Bonchev–Trinajstić information content (AvgIpc) is 2.86. The first kappa shape index (κ1) is 15.0. The van der Waals surface area contributed by atoms with Crippen molar-refractivity contribution in [3.05, 3.63) is 0 Å². The van der Waals surface area contributed by atoms with Crippen LogP contribution >= 0.6 is 0 Å². The lowest BCUT2D eigenvalue weighted by molar-refractivity contribution is -0.142. The summed E-state index contributed by atoms with van der Waals surface area (Å²) >= 11 is 0. The molecule has 1 saturated heterocycles. The van der Waals surface area contributed by atoms with E-state index >= 15 is 0 Å². The molecule has 1 aliphatic rings. The predicted molar refractivity (Wildman–Crippen MR) is 67.3 cm³/mol. The lowest BCUT2D eigenvalue weighted by Crippen LogP contribution is -2.43. The van der Waals surface area contributed by atoms with Crippen LogP contribution in [-0.2, 0) is 14.3 Å². The molecule has 0 aromatic heterocycles. The number of amides is 1. The quantitative estimate of drug-likeness (QED) is 0.647. The molecule has 1 heterocycles. The number of carbonyl (C=O) groups is 2. The fourth-order valence-electron chi connectivity index (χ4n) is 2.06. The van der Waals surface area contributed by atoms with Crippen LogP contribution in [-0.4, -0.2) is 36.2 Å². The largest absolute Gasteiger partial charge is 0.480 e. The van der Waals surface area contributed by atoms with Crippen LogP contribution in [0, 0.1) is 5.92 Å². The van der Waals surface area contributed by atoms with Crippen molar-refractivity contribution in [1.29, 1.82) is 0 Å². The monoisotopic (exact) mass is 257 g/mol. The Morgan fingerprint density at radius 3 is 2.72 bits per heavy atom. The summed E-state index contributed by atoms with van der Waals surface area (Å²) in [5.74, 6) is -1.31. The maximum absolute atomic E-state index is 11.8. The predicted octanol–water partition coefficient (Wildman–Crippen LogP) is 1.56. The Morgan fingerprint density at radius 2 is 2.17 bits per heavy atom. The Morgan fingerprint density at radius 1 is 1.39 bits per heavy atom. The summed E-state index contributed by atoms with van der Waals surface area (Å²) in [6.45, 7) is 3.11. The van der Waals surface area contributed by atoms with Crippen molar-refractivity contribution in [2.24, 2.45) is 5.92 Å². The van der Waals surface area contributed by atoms with E-state index in [9.17, 15) is 9.59 Å². The molecule has 2 N–H and O–H groups in total. The number of unbranched alkanes of at least 4 members (excludes halogenated alkanes) is 3. The minimum atomic E-state index is -0.946. The summed E-state index contributed by atoms with van der Waals surface area (Å²) in [4.78, 5) is 22.9. The van der Waals surface area contributed by atoms with Gasteiger partial charge in [-0.15, -0.1) is 0 Å². The van der Waals surface area contributed by atoms with E-state index in [1.165, 1.54) is 0 Å². The van der Waals surface area contributed by atoms with E-state index < -0.39 is 12.0 Å². The average molecular weight is 257 g/mol. The van der Waals surface area contributed by atoms with Gasteiger partial charge in [0.15, 0.2) is 0 Å². The number of ether oxygens (including phenoxy) is 1. The molecule has 0 aliphatic carbocycles. The molecule has 1 fully saturated rings. The van der Waals surface area contributed by atoms with E-state index in [0.29, 0.717) is 26.1 Å². The molecule has 5 heteroatoms. The zero-order chi connectivity index (χ0) is 13.4. The summed E-state index contributed by atoms with van der Waals surface area (Å²) in [5, 5.41) is 11.7. The van der Waals surface area contributed by atoms with Crippen LogP contribution in [0.3, 0.4) is 0 Å². The molecule has 0 radical (unpaired) electrons. The van der Waals surface area contributed by atoms with Crippen LogP contribution in [0.5, 0.6) is 0 Å². The molecule has 1 amide bonds. The molecule has 18 heavy (non-hydrogen) atoms. The van der Waals surface area contributed by atoms with Crippen LogP contribution in [0.25, 0.3) is 0 Å². The highest BCUT2D eigenvalue weighted by Crippen LogP contribution is 2.13. The number of hydrogen-bond acceptors (Lipinski definition) is 3. The Kier molecular flexibility index (Phi) is 6.72. The molecular weight excluding hydrogens is 234 g/mol. The molecule has 0 spiro atoms. The van der Waals surface area contributed by atoms with Crippen molar-refractivity contribution >= 4 is 11.9 Å². The molecule has 0 unspecified atom stereocenters. The number of rotatable bonds is 8. The van der Waals surface area contributed by atoms with Crippen molar-refractivity contribution in [3.8, 4) is 0 Å². The lowest BCUT2D eigenvalue weighted by Gasteiger charge is -2.16. The summed E-state index contributed by atoms with van der Waals surface area (Å²) in [6.07, 6.45) is 5.28. The molecule has 5 nitrogen and oxygen atoms in total. The van der Waals surface area contributed by atoms with Gasteiger partial charge in [-0.2, -0.15) is 0 Å². The highest BCUT2D eigenvalue weighted by atomic mass is 16.5. The third-order valence-corrected chi connectivity index (χ3v) is 3.26. The number of nitrogens with one attached hydrogen (secondary N) is 1. The smallest absolute Gasteiger partial charge is 0.326 e. The van der Waals surface area contributed by atoms with E-state index in [-0.39, 0.29) is 11.8 Å². The molecule has 0 aromatic rings. The van der Waals surface area contributed by atoms with Crippen LogP contribution < -0.4 is 5.32 Å². The highest BCUT2D eigenvalue weighted by molar-refractivity contribution is 5.85. The Bertz CT molecular complexity index is 274. The van der Waals surface area contributed by atoms with Crippen molar-refractivity contribution in [3.63, 3.8) is 0 Å². The first-order chi connectivity index (χ1) is 8.65. The molecule has 0 bridgehead atoms. The van der Waals surface area contributed by atoms with Gasteiger partial charge in [0.1, 0.15) is 6.04 Å². The molecule has 1 aliphatic heterocycles. The number of aliphatic carboxylic acids is 1. The second kappa shape index (κ2) is 8.08. The van der Waals surface area contributed by atoms with E-state index in [0.717, 1.165) is 25.7 Å². The fraction of sp³-hybridized carbons (Fsp3) is 0.846. The van der Waals surface area contributed by atoms with Gasteiger partial charge in [0.25, 0.3) is 0 Å². The van der Waals surface area contributed by atoms with Crippen LogP contribution in [0.4, 0.5) is 0 Å².